The molecule has 3 N–H and O–H groups in total. The van der Waals surface area contributed by atoms with Crippen LogP contribution in [0.3, 0.4) is 0 Å². The van der Waals surface area contributed by atoms with Crippen molar-refractivity contribution in [3.63, 3.8) is 0 Å². The van der Waals surface area contributed by atoms with Crippen molar-refractivity contribution in [2.24, 2.45) is 0 Å². The molecule has 3 aromatic rings. The van der Waals surface area contributed by atoms with Crippen LogP contribution in [0, 0.1) is 0 Å². The summed E-state index contributed by atoms with van der Waals surface area (Å²) in [5, 5.41) is 7.03. The summed E-state index contributed by atoms with van der Waals surface area (Å²) in [6.45, 7) is 5.44. The fourth-order valence-corrected chi connectivity index (χ4v) is 8.04. The van der Waals surface area contributed by atoms with Crippen molar-refractivity contribution in [1.29, 1.82) is 0 Å². The molecule has 0 spiro atoms. The number of urea groups is 1. The molecule has 0 saturated heterocycles. The molecule has 0 atom stereocenters. The molecule has 0 aliphatic heterocycles. The lowest BCUT2D eigenvalue weighted by Gasteiger charge is -2.22. The third-order valence-electron chi connectivity index (χ3n) is 7.14. The predicted octanol–water partition coefficient (Wildman–Crippen LogP) is 6.75. The fourth-order valence-electron chi connectivity index (χ4n) is 5.18. The summed E-state index contributed by atoms with van der Waals surface area (Å²) in [6.07, 6.45) is 9.48. The number of benzene rings is 2. The van der Waals surface area contributed by atoms with Crippen LogP contribution in [-0.4, -0.2) is 25.0 Å². The molecular formula is C29H36N4O3S2. The number of sulfonamides is 1. The average molecular weight is 553 g/mol. The third kappa shape index (κ3) is 6.11. The van der Waals surface area contributed by atoms with E-state index in [4.69, 9.17) is 0 Å². The molecule has 38 heavy (non-hydrogen) atoms. The maximum atomic E-state index is 13.6. The SMILES string of the molecule is CC(C)(C)NS(=O)(=O)c1cc(NC(=O)NC2(c3ccccc3)CC2)ccc1-c1cnc(C2CCCCC2)s1. The standard InChI is InChI=1S/C29H36N4O3S2/c1-28(2,3)33-38(35,36)25-18-22(31-27(34)32-29(16-17-29)21-12-8-5-9-13-21)14-15-23(25)24-19-30-26(37-24)20-10-6-4-7-11-20/h5,8-9,12-15,18-20,33H,4,6-7,10-11,16-17H2,1-3H3,(H2,31,32,34). The summed E-state index contributed by atoms with van der Waals surface area (Å²) in [5.74, 6) is 0.444. The van der Waals surface area contributed by atoms with E-state index in [1.165, 1.54) is 19.3 Å². The number of hydrogen-bond acceptors (Lipinski definition) is 5. The normalized spacial score (nSPS) is 17.7. The Kier molecular flexibility index (Phi) is 7.37. The van der Waals surface area contributed by atoms with Gasteiger partial charge in [-0.3, -0.25) is 0 Å². The summed E-state index contributed by atoms with van der Waals surface area (Å²) >= 11 is 1.57. The minimum absolute atomic E-state index is 0.133. The molecule has 9 heteroatoms. The second-order valence-electron chi connectivity index (χ2n) is 11.5. The highest BCUT2D eigenvalue weighted by atomic mass is 32.2. The van der Waals surface area contributed by atoms with Crippen molar-refractivity contribution < 1.29 is 13.2 Å². The maximum absolute atomic E-state index is 13.6. The largest absolute Gasteiger partial charge is 0.328 e. The lowest BCUT2D eigenvalue weighted by molar-refractivity contribution is 0.247. The Morgan fingerprint density at radius 2 is 1.74 bits per heavy atom. The van der Waals surface area contributed by atoms with Crippen LogP contribution in [0.4, 0.5) is 10.5 Å². The number of rotatable bonds is 7. The van der Waals surface area contributed by atoms with E-state index in [0.717, 1.165) is 41.1 Å². The Bertz CT molecular complexity index is 1400. The fraction of sp³-hybridized carbons (Fsp3) is 0.448. The zero-order valence-electron chi connectivity index (χ0n) is 22.2. The third-order valence-corrected chi connectivity index (χ3v) is 10.1. The number of amides is 2. The lowest BCUT2D eigenvalue weighted by Crippen LogP contribution is -2.40. The summed E-state index contributed by atoms with van der Waals surface area (Å²) in [6, 6.07) is 14.6. The zero-order valence-corrected chi connectivity index (χ0v) is 23.8. The molecule has 5 rings (SSSR count). The number of anilines is 1. The van der Waals surface area contributed by atoms with E-state index in [0.29, 0.717) is 17.2 Å². The molecule has 202 valence electrons. The van der Waals surface area contributed by atoms with Crippen LogP contribution in [-0.2, 0) is 15.6 Å². The number of hydrogen-bond donors (Lipinski definition) is 3. The van der Waals surface area contributed by atoms with Gasteiger partial charge in [0.25, 0.3) is 0 Å². The van der Waals surface area contributed by atoms with E-state index in [9.17, 15) is 13.2 Å². The second-order valence-corrected chi connectivity index (χ2v) is 14.2. The molecule has 0 unspecified atom stereocenters. The molecular weight excluding hydrogens is 516 g/mol. The Balaban J connectivity index is 1.42. The first kappa shape index (κ1) is 26.8. The van der Waals surface area contributed by atoms with Crippen molar-refractivity contribution in [2.75, 3.05) is 5.32 Å². The lowest BCUT2D eigenvalue weighted by atomic mass is 9.90. The van der Waals surface area contributed by atoms with Crippen LogP contribution >= 0.6 is 11.3 Å². The maximum Gasteiger partial charge on any atom is 0.319 e. The van der Waals surface area contributed by atoms with E-state index < -0.39 is 15.6 Å². The van der Waals surface area contributed by atoms with Gasteiger partial charge in [-0.2, -0.15) is 0 Å². The number of aromatic nitrogens is 1. The molecule has 0 bridgehead atoms. The molecule has 7 nitrogen and oxygen atoms in total. The van der Waals surface area contributed by atoms with Crippen molar-refractivity contribution >= 4 is 33.1 Å². The van der Waals surface area contributed by atoms with Crippen molar-refractivity contribution in [2.45, 2.75) is 87.6 Å². The summed E-state index contributed by atoms with van der Waals surface area (Å²) in [4.78, 5) is 18.6. The quantitative estimate of drug-likeness (QED) is 0.302. The molecule has 0 radical (unpaired) electrons. The molecule has 2 aliphatic carbocycles. The predicted molar refractivity (Wildman–Crippen MR) is 153 cm³/mol. The van der Waals surface area contributed by atoms with Gasteiger partial charge in [0.2, 0.25) is 10.0 Å². The smallest absolute Gasteiger partial charge is 0.319 e. The number of thiazole rings is 1. The van der Waals surface area contributed by atoms with Gasteiger partial charge in [0, 0.05) is 28.9 Å². The van der Waals surface area contributed by atoms with Gasteiger partial charge in [-0.25, -0.2) is 22.9 Å². The van der Waals surface area contributed by atoms with Crippen molar-refractivity contribution in [3.05, 3.63) is 65.3 Å². The van der Waals surface area contributed by atoms with E-state index in [2.05, 4.69) is 20.3 Å². The first-order valence-electron chi connectivity index (χ1n) is 13.3. The van der Waals surface area contributed by atoms with E-state index in [-0.39, 0.29) is 16.5 Å². The topological polar surface area (TPSA) is 100 Å². The highest BCUT2D eigenvalue weighted by Gasteiger charge is 2.45. The Hall–Kier alpha value is -2.75. The van der Waals surface area contributed by atoms with Crippen LogP contribution in [0.1, 0.15) is 82.2 Å². The zero-order chi connectivity index (χ0) is 27.0. The van der Waals surface area contributed by atoms with Gasteiger partial charge >= 0.3 is 6.03 Å². The summed E-state index contributed by atoms with van der Waals surface area (Å²) in [7, 11) is -3.88. The molecule has 1 aromatic heterocycles. The molecule has 2 fully saturated rings. The molecule has 1 heterocycles. The van der Waals surface area contributed by atoms with Gasteiger partial charge in [0.1, 0.15) is 0 Å². The van der Waals surface area contributed by atoms with Crippen LogP contribution in [0.25, 0.3) is 10.4 Å². The van der Waals surface area contributed by atoms with E-state index in [1.54, 1.807) is 35.7 Å². The minimum atomic E-state index is -3.88. The van der Waals surface area contributed by atoms with Crippen molar-refractivity contribution in [1.82, 2.24) is 15.0 Å². The number of carbonyl (C=O) groups is 1. The van der Waals surface area contributed by atoms with Gasteiger partial charge < -0.3 is 10.6 Å². The number of nitrogens with one attached hydrogen (secondary N) is 3. The average Bonchev–Trinajstić information content (AvgIpc) is 3.48. The number of carbonyl (C=O) groups excluding carboxylic acids is 1. The van der Waals surface area contributed by atoms with Gasteiger partial charge in [0.05, 0.1) is 20.3 Å². The summed E-state index contributed by atoms with van der Waals surface area (Å²) in [5.41, 5.74) is 1.05. The van der Waals surface area contributed by atoms with Crippen LogP contribution < -0.4 is 15.4 Å². The van der Waals surface area contributed by atoms with E-state index >= 15 is 0 Å². The van der Waals surface area contributed by atoms with Gasteiger partial charge in [-0.15, -0.1) is 11.3 Å². The first-order chi connectivity index (χ1) is 18.0. The summed E-state index contributed by atoms with van der Waals surface area (Å²) < 4.78 is 29.9. The van der Waals surface area contributed by atoms with Crippen LogP contribution in [0.5, 0.6) is 0 Å². The molecule has 2 amide bonds. The van der Waals surface area contributed by atoms with Crippen LogP contribution in [0.2, 0.25) is 0 Å². The Morgan fingerprint density at radius 1 is 1.03 bits per heavy atom. The minimum Gasteiger partial charge on any atom is -0.328 e. The van der Waals surface area contributed by atoms with Crippen molar-refractivity contribution in [3.8, 4) is 10.4 Å². The Labute approximate surface area is 229 Å². The van der Waals surface area contributed by atoms with Gasteiger partial charge in [0.15, 0.2) is 0 Å². The first-order valence-corrected chi connectivity index (χ1v) is 15.6. The number of nitrogens with zero attached hydrogens (tertiary/aromatic N) is 1. The van der Waals surface area contributed by atoms with Gasteiger partial charge in [-0.05, 0) is 64.2 Å². The molecule has 2 aliphatic rings. The second kappa shape index (κ2) is 10.4. The highest BCUT2D eigenvalue weighted by Crippen LogP contribution is 2.45. The molecule has 2 saturated carbocycles. The molecule has 2 aromatic carbocycles. The monoisotopic (exact) mass is 552 g/mol. The van der Waals surface area contributed by atoms with Gasteiger partial charge in [-0.1, -0.05) is 55.7 Å². The Morgan fingerprint density at radius 3 is 2.39 bits per heavy atom. The van der Waals surface area contributed by atoms with Crippen LogP contribution in [0.15, 0.2) is 59.6 Å². The highest BCUT2D eigenvalue weighted by molar-refractivity contribution is 7.89. The van der Waals surface area contributed by atoms with E-state index in [1.807, 2.05) is 51.1 Å².